The summed E-state index contributed by atoms with van der Waals surface area (Å²) in [4.78, 5) is 35.0. The minimum absolute atomic E-state index is 0.0105. The molecule has 3 aromatic rings. The summed E-state index contributed by atoms with van der Waals surface area (Å²) < 4.78 is 1.75. The molecule has 148 valence electrons. The van der Waals surface area contributed by atoms with Crippen LogP contribution >= 0.6 is 0 Å². The van der Waals surface area contributed by atoms with Gasteiger partial charge in [-0.3, -0.25) is 19.1 Å². The van der Waals surface area contributed by atoms with E-state index in [1.54, 1.807) is 4.57 Å². The highest BCUT2D eigenvalue weighted by molar-refractivity contribution is 5.83. The summed E-state index contributed by atoms with van der Waals surface area (Å²) in [5.74, 6) is 0.916. The Morgan fingerprint density at radius 2 is 1.76 bits per heavy atom. The molecule has 5 rings (SSSR count). The number of benzene rings is 2. The normalized spacial score (nSPS) is 19.5. The van der Waals surface area contributed by atoms with E-state index in [1.165, 1.54) is 11.1 Å². The van der Waals surface area contributed by atoms with Gasteiger partial charge < -0.3 is 4.90 Å². The first-order valence-corrected chi connectivity index (χ1v) is 10.2. The molecule has 6 nitrogen and oxygen atoms in total. The van der Waals surface area contributed by atoms with Crippen LogP contribution in [0.2, 0.25) is 0 Å². The molecule has 0 saturated carbocycles. The number of hydrogen-bond acceptors (Lipinski definition) is 4. The largest absolute Gasteiger partial charge is 0.339 e. The number of carbonyl (C=O) groups excluding carboxylic acids is 1. The minimum atomic E-state index is -0.158. The molecule has 0 N–H and O–H groups in total. The van der Waals surface area contributed by atoms with Crippen LogP contribution in [0, 0.1) is 0 Å². The molecule has 29 heavy (non-hydrogen) atoms. The van der Waals surface area contributed by atoms with Crippen molar-refractivity contribution in [2.45, 2.75) is 32.0 Å². The van der Waals surface area contributed by atoms with E-state index >= 15 is 0 Å². The van der Waals surface area contributed by atoms with Crippen molar-refractivity contribution in [1.29, 1.82) is 0 Å². The highest BCUT2D eigenvalue weighted by Crippen LogP contribution is 2.23. The quantitative estimate of drug-likeness (QED) is 0.638. The van der Waals surface area contributed by atoms with Crippen molar-refractivity contribution in [2.24, 2.45) is 0 Å². The van der Waals surface area contributed by atoms with Crippen molar-refractivity contribution < 1.29 is 4.79 Å². The zero-order valence-corrected chi connectivity index (χ0v) is 16.5. The Balaban J connectivity index is 1.39. The predicted octanol–water partition coefficient (Wildman–Crippen LogP) is 1.84. The summed E-state index contributed by atoms with van der Waals surface area (Å²) in [5.41, 5.74) is 3.27. The fraction of sp³-hybridized carbons (Fsp3) is 0.348. The molecule has 2 aliphatic rings. The summed E-state index contributed by atoms with van der Waals surface area (Å²) in [6.07, 6.45) is 1.33. The van der Waals surface area contributed by atoms with Crippen LogP contribution in [-0.2, 0) is 30.7 Å². The third-order valence-electron chi connectivity index (χ3n) is 6.22. The fourth-order valence-electron chi connectivity index (χ4n) is 4.56. The number of likely N-dealkylation sites (N-methyl/N-ethyl adjacent to an activating group) is 1. The van der Waals surface area contributed by atoms with E-state index < -0.39 is 0 Å². The van der Waals surface area contributed by atoms with Crippen LogP contribution < -0.4 is 5.56 Å². The van der Waals surface area contributed by atoms with Gasteiger partial charge in [-0.1, -0.05) is 36.4 Å². The molecule has 6 heteroatoms. The van der Waals surface area contributed by atoms with Gasteiger partial charge in [-0.05, 0) is 36.7 Å². The molecule has 0 radical (unpaired) electrons. The molecule has 1 aromatic heterocycles. The van der Waals surface area contributed by atoms with Gasteiger partial charge in [0.1, 0.15) is 5.82 Å². The van der Waals surface area contributed by atoms with Crippen LogP contribution in [0.25, 0.3) is 10.9 Å². The lowest BCUT2D eigenvalue weighted by Crippen LogP contribution is -2.50. The number of hydrogen-bond donors (Lipinski definition) is 0. The van der Waals surface area contributed by atoms with Crippen LogP contribution in [0.3, 0.4) is 0 Å². The van der Waals surface area contributed by atoms with Crippen LogP contribution in [0.1, 0.15) is 17.0 Å². The second kappa shape index (κ2) is 7.12. The number of rotatable bonds is 1. The minimum Gasteiger partial charge on any atom is -0.339 e. The number of carbonyl (C=O) groups is 1. The molecule has 0 fully saturated rings. The summed E-state index contributed by atoms with van der Waals surface area (Å²) in [6.45, 7) is 2.41. The fourth-order valence-corrected chi connectivity index (χ4v) is 4.56. The number of nitrogens with zero attached hydrogens (tertiary/aromatic N) is 4. The van der Waals surface area contributed by atoms with E-state index in [0.717, 1.165) is 24.3 Å². The van der Waals surface area contributed by atoms with Gasteiger partial charge in [0.05, 0.1) is 16.9 Å². The van der Waals surface area contributed by atoms with E-state index in [4.69, 9.17) is 4.98 Å². The lowest BCUT2D eigenvalue weighted by molar-refractivity contribution is -0.137. The van der Waals surface area contributed by atoms with E-state index in [-0.39, 0.29) is 17.5 Å². The highest BCUT2D eigenvalue weighted by Gasteiger charge is 2.33. The van der Waals surface area contributed by atoms with Gasteiger partial charge in [0.25, 0.3) is 5.56 Å². The third-order valence-corrected chi connectivity index (χ3v) is 6.22. The van der Waals surface area contributed by atoms with Gasteiger partial charge in [-0.2, -0.15) is 0 Å². The first-order valence-electron chi connectivity index (χ1n) is 10.2. The molecule has 0 spiro atoms. The number of amides is 1. The molecule has 1 amide bonds. The van der Waals surface area contributed by atoms with Crippen molar-refractivity contribution in [3.63, 3.8) is 0 Å². The van der Waals surface area contributed by atoms with Crippen molar-refractivity contribution in [3.8, 4) is 0 Å². The first kappa shape index (κ1) is 18.1. The standard InChI is InChI=1S/C23H24N4O2/c1-25-15-17-7-3-2-6-16(17)14-20(25)23(29)26-11-10-21-24-19-9-5-4-8-18(19)22(28)27(21)13-12-26/h2-9,20H,10-15H2,1H3/t20-/m0/s1. The predicted molar refractivity (Wildman–Crippen MR) is 112 cm³/mol. The lowest BCUT2D eigenvalue weighted by atomic mass is 9.93. The second-order valence-corrected chi connectivity index (χ2v) is 7.98. The average molecular weight is 388 g/mol. The topological polar surface area (TPSA) is 58.4 Å². The molecule has 1 atom stereocenters. The smallest absolute Gasteiger partial charge is 0.261 e. The molecule has 2 aliphatic heterocycles. The van der Waals surface area contributed by atoms with Gasteiger partial charge in [0.2, 0.25) is 5.91 Å². The van der Waals surface area contributed by atoms with Crippen LogP contribution in [0.15, 0.2) is 53.3 Å². The molecule has 2 aromatic carbocycles. The van der Waals surface area contributed by atoms with Crippen molar-refractivity contribution in [1.82, 2.24) is 19.4 Å². The maximum absolute atomic E-state index is 13.4. The molecular formula is C23H24N4O2. The Morgan fingerprint density at radius 1 is 1.00 bits per heavy atom. The summed E-state index contributed by atoms with van der Waals surface area (Å²) >= 11 is 0. The first-order chi connectivity index (χ1) is 14.1. The van der Waals surface area contributed by atoms with Gasteiger partial charge >= 0.3 is 0 Å². The highest BCUT2D eigenvalue weighted by atomic mass is 16.2. The summed E-state index contributed by atoms with van der Waals surface area (Å²) in [6, 6.07) is 15.6. The Morgan fingerprint density at radius 3 is 2.62 bits per heavy atom. The van der Waals surface area contributed by atoms with Gasteiger partial charge in [0.15, 0.2) is 0 Å². The molecule has 0 saturated heterocycles. The Labute approximate surface area is 169 Å². The number of para-hydroxylation sites is 1. The number of aromatic nitrogens is 2. The van der Waals surface area contributed by atoms with Crippen molar-refractivity contribution in [3.05, 3.63) is 75.8 Å². The molecule has 0 unspecified atom stereocenters. The van der Waals surface area contributed by atoms with E-state index in [2.05, 4.69) is 23.1 Å². The van der Waals surface area contributed by atoms with Crippen molar-refractivity contribution >= 4 is 16.8 Å². The van der Waals surface area contributed by atoms with Gasteiger partial charge in [-0.25, -0.2) is 4.98 Å². The summed E-state index contributed by atoms with van der Waals surface area (Å²) in [7, 11) is 2.02. The maximum atomic E-state index is 13.4. The zero-order valence-electron chi connectivity index (χ0n) is 16.5. The Hall–Kier alpha value is -2.99. The van der Waals surface area contributed by atoms with E-state index in [9.17, 15) is 9.59 Å². The summed E-state index contributed by atoms with van der Waals surface area (Å²) in [5, 5.41) is 0.639. The lowest BCUT2D eigenvalue weighted by Gasteiger charge is -2.36. The van der Waals surface area contributed by atoms with Crippen LogP contribution in [0.5, 0.6) is 0 Å². The Kier molecular flexibility index (Phi) is 4.43. The van der Waals surface area contributed by atoms with E-state index in [1.807, 2.05) is 42.3 Å². The molecular weight excluding hydrogens is 364 g/mol. The van der Waals surface area contributed by atoms with Crippen LogP contribution in [0.4, 0.5) is 0 Å². The second-order valence-electron chi connectivity index (χ2n) is 7.98. The molecule has 0 aliphatic carbocycles. The van der Waals surface area contributed by atoms with Gasteiger partial charge in [0, 0.05) is 32.6 Å². The monoisotopic (exact) mass is 388 g/mol. The van der Waals surface area contributed by atoms with E-state index in [0.29, 0.717) is 31.4 Å². The molecule has 0 bridgehead atoms. The zero-order chi connectivity index (χ0) is 20.0. The molecule has 3 heterocycles. The van der Waals surface area contributed by atoms with Crippen molar-refractivity contribution in [2.75, 3.05) is 20.1 Å². The average Bonchev–Trinajstić information content (AvgIpc) is 2.96. The van der Waals surface area contributed by atoms with Gasteiger partial charge in [-0.15, -0.1) is 0 Å². The maximum Gasteiger partial charge on any atom is 0.261 e. The number of fused-ring (bicyclic) bond motifs is 3. The SMILES string of the molecule is CN1Cc2ccccc2C[C@H]1C(=O)N1CCc2nc3ccccc3c(=O)n2CC1. The third kappa shape index (κ3) is 3.13. The Bertz CT molecular complexity index is 1150. The van der Waals surface area contributed by atoms with Crippen LogP contribution in [-0.4, -0.2) is 51.4 Å².